The number of carbonyl (C=O) groups excluding carboxylic acids is 3. The molecule has 230 valence electrons. The SMILES string of the molecule is CC(C)C(NC(=O)C(CCC(=O)O)NC(=O)C(Cc1c[nH]c2ccccc12)NC(=O)C(N)CCCN=C(N)N)C(=O)O. The van der Waals surface area contributed by atoms with Crippen molar-refractivity contribution in [2.45, 2.75) is 70.1 Å². The van der Waals surface area contributed by atoms with Crippen molar-refractivity contribution >= 4 is 46.5 Å². The second kappa shape index (κ2) is 16.0. The van der Waals surface area contributed by atoms with Crippen molar-refractivity contribution in [1.29, 1.82) is 0 Å². The van der Waals surface area contributed by atoms with Crippen molar-refractivity contribution in [2.24, 2.45) is 28.1 Å². The van der Waals surface area contributed by atoms with E-state index < -0.39 is 66.2 Å². The van der Waals surface area contributed by atoms with Crippen LogP contribution in [0.1, 0.15) is 45.1 Å². The van der Waals surface area contributed by atoms with E-state index in [9.17, 15) is 34.2 Å². The maximum Gasteiger partial charge on any atom is 0.326 e. The number of benzene rings is 1. The molecule has 1 aromatic carbocycles. The first-order chi connectivity index (χ1) is 19.8. The van der Waals surface area contributed by atoms with E-state index in [1.807, 2.05) is 24.3 Å². The number of nitrogens with zero attached hydrogens (tertiary/aromatic N) is 1. The van der Waals surface area contributed by atoms with Gasteiger partial charge >= 0.3 is 11.9 Å². The first-order valence-corrected chi connectivity index (χ1v) is 13.5. The Morgan fingerprint density at radius 3 is 2.19 bits per heavy atom. The summed E-state index contributed by atoms with van der Waals surface area (Å²) in [5, 5.41) is 27.0. The molecule has 0 fully saturated rings. The molecule has 0 aliphatic rings. The van der Waals surface area contributed by atoms with E-state index in [0.717, 1.165) is 10.9 Å². The molecular weight excluding hydrogens is 548 g/mol. The topological polar surface area (TPSA) is 268 Å². The number of nitrogens with two attached hydrogens (primary N) is 3. The standard InChI is InChI=1S/C27H40N8O7/c1-14(2)22(26(41)42)35-24(39)19(9-10-21(36)37)33-25(40)20(12-15-13-32-18-8-4-3-6-16(15)18)34-23(38)17(28)7-5-11-31-27(29)30/h3-4,6,8,13-14,17,19-20,22,32H,5,7,9-12,28H2,1-2H3,(H,33,40)(H,34,38)(H,35,39)(H,36,37)(H,41,42)(H4,29,30,31). The van der Waals surface area contributed by atoms with E-state index in [4.69, 9.17) is 17.2 Å². The van der Waals surface area contributed by atoms with Crippen molar-refractivity contribution in [1.82, 2.24) is 20.9 Å². The van der Waals surface area contributed by atoms with Crippen LogP contribution in [0.2, 0.25) is 0 Å². The van der Waals surface area contributed by atoms with Gasteiger partial charge < -0.3 is 48.3 Å². The number of hydrogen-bond acceptors (Lipinski definition) is 7. The lowest BCUT2D eigenvalue weighted by molar-refractivity contribution is -0.144. The van der Waals surface area contributed by atoms with E-state index >= 15 is 0 Å². The first-order valence-electron chi connectivity index (χ1n) is 13.5. The summed E-state index contributed by atoms with van der Waals surface area (Å²) in [4.78, 5) is 69.4. The molecule has 0 aliphatic carbocycles. The lowest BCUT2D eigenvalue weighted by Gasteiger charge is -2.26. The van der Waals surface area contributed by atoms with Gasteiger partial charge in [-0.15, -0.1) is 0 Å². The highest BCUT2D eigenvalue weighted by Gasteiger charge is 2.32. The van der Waals surface area contributed by atoms with Crippen molar-refractivity contribution < 1.29 is 34.2 Å². The van der Waals surface area contributed by atoms with Gasteiger partial charge in [-0.2, -0.15) is 0 Å². The number of carboxylic acids is 2. The molecule has 3 amide bonds. The van der Waals surface area contributed by atoms with Crippen LogP contribution in [0, 0.1) is 5.92 Å². The molecule has 1 aromatic heterocycles. The molecule has 0 saturated carbocycles. The summed E-state index contributed by atoms with van der Waals surface area (Å²) in [5.41, 5.74) is 18.2. The Balaban J connectivity index is 2.29. The van der Waals surface area contributed by atoms with Crippen LogP contribution < -0.4 is 33.2 Å². The van der Waals surface area contributed by atoms with Gasteiger partial charge in [-0.25, -0.2) is 4.79 Å². The molecule has 15 nitrogen and oxygen atoms in total. The lowest BCUT2D eigenvalue weighted by Crippen LogP contribution is -2.58. The highest BCUT2D eigenvalue weighted by atomic mass is 16.4. The van der Waals surface area contributed by atoms with E-state index in [0.29, 0.717) is 12.0 Å². The van der Waals surface area contributed by atoms with Gasteiger partial charge in [0.05, 0.1) is 6.04 Å². The van der Waals surface area contributed by atoms with Gasteiger partial charge in [0.15, 0.2) is 5.96 Å². The van der Waals surface area contributed by atoms with Crippen molar-refractivity contribution in [3.05, 3.63) is 36.0 Å². The summed E-state index contributed by atoms with van der Waals surface area (Å²) in [7, 11) is 0. The number of hydrogen-bond donors (Lipinski definition) is 9. The molecule has 2 rings (SSSR count). The van der Waals surface area contributed by atoms with Gasteiger partial charge in [-0.1, -0.05) is 32.0 Å². The number of nitrogens with one attached hydrogen (secondary N) is 4. The average Bonchev–Trinajstić information content (AvgIpc) is 3.33. The van der Waals surface area contributed by atoms with Gasteiger partial charge in [-0.05, 0) is 36.8 Å². The Kier molecular flexibility index (Phi) is 12.7. The van der Waals surface area contributed by atoms with Gasteiger partial charge in [0.25, 0.3) is 0 Å². The summed E-state index contributed by atoms with van der Waals surface area (Å²) >= 11 is 0. The van der Waals surface area contributed by atoms with Crippen molar-refractivity contribution in [3.8, 4) is 0 Å². The Bertz CT molecular complexity index is 1290. The van der Waals surface area contributed by atoms with Crippen LogP contribution >= 0.6 is 0 Å². The van der Waals surface area contributed by atoms with E-state index in [1.54, 1.807) is 20.0 Å². The fourth-order valence-electron chi connectivity index (χ4n) is 4.24. The molecule has 4 unspecified atom stereocenters. The number of amides is 3. The minimum Gasteiger partial charge on any atom is -0.481 e. The third-order valence-corrected chi connectivity index (χ3v) is 6.55. The zero-order valence-electron chi connectivity index (χ0n) is 23.6. The average molecular weight is 589 g/mol. The summed E-state index contributed by atoms with van der Waals surface area (Å²) in [6.07, 6.45) is 1.55. The number of guanidine groups is 1. The fourth-order valence-corrected chi connectivity index (χ4v) is 4.24. The number of rotatable bonds is 17. The molecule has 12 N–H and O–H groups in total. The number of aliphatic imine (C=N–C) groups is 1. The minimum atomic E-state index is -1.38. The normalized spacial score (nSPS) is 13.9. The molecule has 4 atom stereocenters. The molecular formula is C27H40N8O7. The van der Waals surface area contributed by atoms with Gasteiger partial charge in [0.1, 0.15) is 18.1 Å². The van der Waals surface area contributed by atoms with E-state index in [-0.39, 0.29) is 31.8 Å². The second-order valence-electron chi connectivity index (χ2n) is 10.2. The monoisotopic (exact) mass is 588 g/mol. The number of para-hydroxylation sites is 1. The largest absolute Gasteiger partial charge is 0.481 e. The maximum absolute atomic E-state index is 13.5. The molecule has 0 saturated heterocycles. The number of aromatic nitrogens is 1. The van der Waals surface area contributed by atoms with Crippen LogP contribution in [0.25, 0.3) is 10.9 Å². The van der Waals surface area contributed by atoms with Crippen LogP contribution in [-0.2, 0) is 30.4 Å². The minimum absolute atomic E-state index is 0.0132. The molecule has 0 bridgehead atoms. The Morgan fingerprint density at radius 2 is 1.57 bits per heavy atom. The number of H-pyrrole nitrogens is 1. The van der Waals surface area contributed by atoms with Crippen LogP contribution in [0.3, 0.4) is 0 Å². The van der Waals surface area contributed by atoms with Gasteiger partial charge in [0.2, 0.25) is 17.7 Å². The van der Waals surface area contributed by atoms with Gasteiger partial charge in [0, 0.05) is 36.5 Å². The Labute approximate surface area is 242 Å². The smallest absolute Gasteiger partial charge is 0.326 e. The van der Waals surface area contributed by atoms with Crippen LogP contribution in [0.4, 0.5) is 0 Å². The molecule has 42 heavy (non-hydrogen) atoms. The Hall–Kier alpha value is -4.66. The molecule has 2 aromatic rings. The van der Waals surface area contributed by atoms with Crippen molar-refractivity contribution in [2.75, 3.05) is 6.54 Å². The zero-order chi connectivity index (χ0) is 31.4. The molecule has 0 spiro atoms. The molecule has 15 heteroatoms. The van der Waals surface area contributed by atoms with E-state index in [2.05, 4.69) is 25.9 Å². The van der Waals surface area contributed by atoms with Crippen LogP contribution in [0.15, 0.2) is 35.5 Å². The number of aliphatic carboxylic acids is 2. The summed E-state index contributed by atoms with van der Waals surface area (Å²) < 4.78 is 0. The van der Waals surface area contributed by atoms with Gasteiger partial charge in [-0.3, -0.25) is 24.2 Å². The number of aromatic amines is 1. The van der Waals surface area contributed by atoms with Crippen molar-refractivity contribution in [3.63, 3.8) is 0 Å². The number of carboxylic acid groups (broad SMARTS) is 2. The predicted molar refractivity (Wildman–Crippen MR) is 155 cm³/mol. The summed E-state index contributed by atoms with van der Waals surface area (Å²) in [5.74, 6) is -5.33. The number of fused-ring (bicyclic) bond motifs is 1. The molecule has 1 heterocycles. The zero-order valence-corrected chi connectivity index (χ0v) is 23.6. The molecule has 0 radical (unpaired) electrons. The fraction of sp³-hybridized carbons (Fsp3) is 0.481. The molecule has 0 aliphatic heterocycles. The number of carbonyl (C=O) groups is 5. The predicted octanol–water partition coefficient (Wildman–Crippen LogP) is -0.849. The first kappa shape index (κ1) is 33.5. The third kappa shape index (κ3) is 10.4. The van der Waals surface area contributed by atoms with E-state index in [1.165, 1.54) is 0 Å². The maximum atomic E-state index is 13.5. The summed E-state index contributed by atoms with van der Waals surface area (Å²) in [6.45, 7) is 3.45. The third-order valence-electron chi connectivity index (χ3n) is 6.55. The highest BCUT2D eigenvalue weighted by Crippen LogP contribution is 2.19. The quantitative estimate of drug-likeness (QED) is 0.0627. The van der Waals surface area contributed by atoms with Crippen LogP contribution in [0.5, 0.6) is 0 Å². The highest BCUT2D eigenvalue weighted by molar-refractivity contribution is 5.95. The summed E-state index contributed by atoms with van der Waals surface area (Å²) in [6, 6.07) is 2.49. The Morgan fingerprint density at radius 1 is 0.929 bits per heavy atom. The second-order valence-corrected chi connectivity index (χ2v) is 10.2. The van der Waals surface area contributed by atoms with Crippen LogP contribution in [-0.4, -0.2) is 81.5 Å². The lowest BCUT2D eigenvalue weighted by atomic mass is 10.0.